The second-order valence-electron chi connectivity index (χ2n) is 5.26. The first kappa shape index (κ1) is 18.4. The summed E-state index contributed by atoms with van der Waals surface area (Å²) < 4.78 is 5.17. The van der Waals surface area contributed by atoms with Crippen molar-refractivity contribution >= 4 is 17.5 Å². The summed E-state index contributed by atoms with van der Waals surface area (Å²) in [6, 6.07) is 3.95. The summed E-state index contributed by atoms with van der Waals surface area (Å²) in [7, 11) is 1.46. The molecule has 1 rings (SSSR count). The van der Waals surface area contributed by atoms with Crippen LogP contribution >= 0.6 is 0 Å². The largest absolute Gasteiger partial charge is 0.487 e. The van der Waals surface area contributed by atoms with Gasteiger partial charge in [-0.2, -0.15) is 0 Å². The van der Waals surface area contributed by atoms with Crippen LogP contribution < -0.4 is 10.1 Å². The summed E-state index contributed by atoms with van der Waals surface area (Å²) in [5.74, 6) is -0.666. The molecule has 0 bridgehead atoms. The lowest BCUT2D eigenvalue weighted by molar-refractivity contribution is -0.385. The van der Waals surface area contributed by atoms with E-state index in [9.17, 15) is 19.7 Å². The Bertz CT molecular complexity index is 601. The minimum Gasteiger partial charge on any atom is -0.487 e. The molecule has 1 aromatic carbocycles. The highest BCUT2D eigenvalue weighted by atomic mass is 16.6. The van der Waals surface area contributed by atoms with Crippen LogP contribution in [0.3, 0.4) is 0 Å². The van der Waals surface area contributed by atoms with Crippen molar-refractivity contribution in [2.24, 2.45) is 0 Å². The van der Waals surface area contributed by atoms with Crippen molar-refractivity contribution < 1.29 is 19.2 Å². The van der Waals surface area contributed by atoms with Crippen molar-refractivity contribution in [3.63, 3.8) is 0 Å². The lowest BCUT2D eigenvalue weighted by Gasteiger charge is -2.18. The molecule has 0 radical (unpaired) electrons. The van der Waals surface area contributed by atoms with Gasteiger partial charge in [0.25, 0.3) is 5.91 Å². The third-order valence-corrected chi connectivity index (χ3v) is 2.88. The minimum atomic E-state index is -0.604. The Kier molecular flexibility index (Phi) is 6.49. The normalized spacial score (nSPS) is 10.3. The van der Waals surface area contributed by atoms with Crippen LogP contribution in [0.25, 0.3) is 0 Å². The van der Waals surface area contributed by atoms with Crippen molar-refractivity contribution in [1.82, 2.24) is 10.2 Å². The number of likely N-dealkylation sites (N-methyl/N-ethyl adjacent to an activating group) is 1. The van der Waals surface area contributed by atoms with Gasteiger partial charge in [0.2, 0.25) is 5.91 Å². The molecule has 0 saturated heterocycles. The van der Waals surface area contributed by atoms with Crippen LogP contribution in [0, 0.1) is 10.1 Å². The van der Waals surface area contributed by atoms with Gasteiger partial charge in [-0.05, 0) is 32.9 Å². The standard InChI is InChI=1S/C15H21N3O5/c1-5-23-13-7-6-11(8-12(13)18(21)22)15(20)17(4)9-14(19)16-10(2)3/h6-8,10H,5,9H2,1-4H3,(H,16,19). The predicted octanol–water partition coefficient (Wildman–Crippen LogP) is 1.59. The van der Waals surface area contributed by atoms with Crippen molar-refractivity contribution in [1.29, 1.82) is 0 Å². The Hall–Kier alpha value is -2.64. The summed E-state index contributed by atoms with van der Waals surface area (Å²) in [6.07, 6.45) is 0. The molecule has 0 fully saturated rings. The molecule has 0 aliphatic rings. The number of rotatable bonds is 7. The quantitative estimate of drug-likeness (QED) is 0.606. The fraction of sp³-hybridized carbons (Fsp3) is 0.467. The van der Waals surface area contributed by atoms with Gasteiger partial charge in [0.1, 0.15) is 0 Å². The van der Waals surface area contributed by atoms with Crippen LogP contribution in [0.2, 0.25) is 0 Å². The summed E-state index contributed by atoms with van der Waals surface area (Å²) in [6.45, 7) is 5.50. The average Bonchev–Trinajstić information content (AvgIpc) is 2.45. The van der Waals surface area contributed by atoms with Crippen LogP contribution in [-0.2, 0) is 4.79 Å². The van der Waals surface area contributed by atoms with Crippen molar-refractivity contribution in [3.05, 3.63) is 33.9 Å². The van der Waals surface area contributed by atoms with E-state index in [1.54, 1.807) is 6.92 Å². The second-order valence-corrected chi connectivity index (χ2v) is 5.26. The first-order valence-electron chi connectivity index (χ1n) is 7.22. The summed E-state index contributed by atoms with van der Waals surface area (Å²) in [5, 5.41) is 13.8. The first-order chi connectivity index (χ1) is 10.8. The van der Waals surface area contributed by atoms with E-state index in [1.165, 1.54) is 24.1 Å². The Morgan fingerprint density at radius 3 is 2.57 bits per heavy atom. The molecule has 2 amide bonds. The molecule has 23 heavy (non-hydrogen) atoms. The Morgan fingerprint density at radius 1 is 1.39 bits per heavy atom. The number of nitrogens with zero attached hydrogens (tertiary/aromatic N) is 2. The zero-order chi connectivity index (χ0) is 17.6. The van der Waals surface area contributed by atoms with E-state index >= 15 is 0 Å². The fourth-order valence-electron chi connectivity index (χ4n) is 1.95. The molecule has 8 heteroatoms. The molecule has 0 aliphatic carbocycles. The van der Waals surface area contributed by atoms with E-state index in [2.05, 4.69) is 5.32 Å². The van der Waals surface area contributed by atoms with Gasteiger partial charge in [-0.3, -0.25) is 19.7 Å². The number of nitrogens with one attached hydrogen (secondary N) is 1. The predicted molar refractivity (Wildman–Crippen MR) is 84.5 cm³/mol. The molecule has 1 N–H and O–H groups in total. The lowest BCUT2D eigenvalue weighted by Crippen LogP contribution is -2.40. The molecule has 0 unspecified atom stereocenters. The highest BCUT2D eigenvalue weighted by Gasteiger charge is 2.21. The van der Waals surface area contributed by atoms with Crippen LogP contribution in [0.4, 0.5) is 5.69 Å². The highest BCUT2D eigenvalue weighted by molar-refractivity contribution is 5.97. The highest BCUT2D eigenvalue weighted by Crippen LogP contribution is 2.28. The Labute approximate surface area is 134 Å². The third-order valence-electron chi connectivity index (χ3n) is 2.88. The summed E-state index contributed by atoms with van der Waals surface area (Å²) >= 11 is 0. The fourth-order valence-corrected chi connectivity index (χ4v) is 1.95. The number of ether oxygens (including phenoxy) is 1. The van der Waals surface area contributed by atoms with E-state index in [0.29, 0.717) is 0 Å². The zero-order valence-corrected chi connectivity index (χ0v) is 13.7. The maximum absolute atomic E-state index is 12.3. The number of hydrogen-bond acceptors (Lipinski definition) is 5. The molecule has 0 spiro atoms. The van der Waals surface area contributed by atoms with Gasteiger partial charge in [-0.25, -0.2) is 0 Å². The molecule has 0 aliphatic heterocycles. The molecule has 8 nitrogen and oxygen atoms in total. The van der Waals surface area contributed by atoms with Gasteiger partial charge in [-0.1, -0.05) is 0 Å². The number of carbonyl (C=O) groups is 2. The molecule has 0 atom stereocenters. The zero-order valence-electron chi connectivity index (χ0n) is 13.7. The van der Waals surface area contributed by atoms with Gasteiger partial charge < -0.3 is 15.0 Å². The van der Waals surface area contributed by atoms with Crippen LogP contribution in [0.15, 0.2) is 18.2 Å². The number of amides is 2. The molecule has 0 saturated carbocycles. The Balaban J connectivity index is 2.93. The monoisotopic (exact) mass is 323 g/mol. The average molecular weight is 323 g/mol. The topological polar surface area (TPSA) is 102 Å². The van der Waals surface area contributed by atoms with Gasteiger partial charge in [0.05, 0.1) is 18.1 Å². The lowest BCUT2D eigenvalue weighted by atomic mass is 10.1. The van der Waals surface area contributed by atoms with Gasteiger partial charge in [0, 0.05) is 24.7 Å². The molecule has 0 heterocycles. The minimum absolute atomic E-state index is 0.0300. The van der Waals surface area contributed by atoms with Crippen molar-refractivity contribution in [3.8, 4) is 5.75 Å². The first-order valence-corrected chi connectivity index (χ1v) is 7.22. The van der Waals surface area contributed by atoms with E-state index in [1.807, 2.05) is 13.8 Å². The number of nitro groups is 1. The van der Waals surface area contributed by atoms with Gasteiger partial charge >= 0.3 is 5.69 Å². The molecular weight excluding hydrogens is 302 g/mol. The second kappa shape index (κ2) is 8.11. The van der Waals surface area contributed by atoms with E-state index in [4.69, 9.17) is 4.74 Å². The maximum Gasteiger partial charge on any atom is 0.311 e. The summed E-state index contributed by atoms with van der Waals surface area (Å²) in [5.41, 5.74) is -0.155. The molecule has 1 aromatic rings. The molecule has 126 valence electrons. The van der Waals surface area contributed by atoms with E-state index in [0.717, 1.165) is 6.07 Å². The third kappa shape index (κ3) is 5.24. The van der Waals surface area contributed by atoms with Gasteiger partial charge in [0.15, 0.2) is 5.75 Å². The number of hydrogen-bond donors (Lipinski definition) is 1. The van der Waals surface area contributed by atoms with Crippen LogP contribution in [0.1, 0.15) is 31.1 Å². The SMILES string of the molecule is CCOc1ccc(C(=O)N(C)CC(=O)NC(C)C)cc1[N+](=O)[O-]. The van der Waals surface area contributed by atoms with Crippen molar-refractivity contribution in [2.75, 3.05) is 20.2 Å². The smallest absolute Gasteiger partial charge is 0.311 e. The molecule has 0 aromatic heterocycles. The van der Waals surface area contributed by atoms with Gasteiger partial charge in [-0.15, -0.1) is 0 Å². The maximum atomic E-state index is 12.3. The van der Waals surface area contributed by atoms with E-state index < -0.39 is 10.8 Å². The number of nitro benzene ring substituents is 1. The number of benzene rings is 1. The van der Waals surface area contributed by atoms with Crippen LogP contribution in [-0.4, -0.2) is 47.9 Å². The Morgan fingerprint density at radius 2 is 2.04 bits per heavy atom. The van der Waals surface area contributed by atoms with Crippen LogP contribution in [0.5, 0.6) is 5.75 Å². The van der Waals surface area contributed by atoms with E-state index in [-0.39, 0.29) is 42.1 Å². The molecular formula is C15H21N3O5. The van der Waals surface area contributed by atoms with Crippen molar-refractivity contribution in [2.45, 2.75) is 26.8 Å². The number of carbonyl (C=O) groups excluding carboxylic acids is 2. The summed E-state index contributed by atoms with van der Waals surface area (Å²) in [4.78, 5) is 35.7.